The molecule has 104 valence electrons. The van der Waals surface area contributed by atoms with Crippen LogP contribution in [0.3, 0.4) is 0 Å². The zero-order valence-electron chi connectivity index (χ0n) is 10.8. The number of benzene rings is 1. The Hall–Kier alpha value is -2.02. The van der Waals surface area contributed by atoms with E-state index in [1.54, 1.807) is 0 Å². The zero-order chi connectivity index (χ0) is 13.8. The largest absolute Gasteiger partial charge is 0.489 e. The van der Waals surface area contributed by atoms with Crippen molar-refractivity contribution in [1.82, 2.24) is 5.53 Å². The number of nitrogens with one attached hydrogen (secondary N) is 1. The molecule has 6 nitrogen and oxygen atoms in total. The molecule has 0 amide bonds. The lowest BCUT2D eigenvalue weighted by atomic mass is 10.1. The molecule has 0 bridgehead atoms. The van der Waals surface area contributed by atoms with Gasteiger partial charge in [-0.1, -0.05) is 6.92 Å². The third-order valence-corrected chi connectivity index (χ3v) is 2.93. The second kappa shape index (κ2) is 5.75. The van der Waals surface area contributed by atoms with E-state index in [1.807, 2.05) is 0 Å². The predicted octanol–water partition coefficient (Wildman–Crippen LogP) is 0.518. The molecule has 1 aliphatic rings. The number of nitrogens with zero attached hydrogens (tertiary/aromatic N) is 2. The fourth-order valence-electron chi connectivity index (χ4n) is 2.21. The van der Waals surface area contributed by atoms with Gasteiger partial charge in [-0.25, -0.2) is 15.8 Å². The summed E-state index contributed by atoms with van der Waals surface area (Å²) in [5, 5.41) is 3.71. The second-order valence-corrected chi connectivity index (χ2v) is 4.26. The van der Waals surface area contributed by atoms with Crippen molar-refractivity contribution in [3.8, 4) is 5.75 Å². The van der Waals surface area contributed by atoms with E-state index in [0.29, 0.717) is 17.9 Å². The van der Waals surface area contributed by atoms with Gasteiger partial charge in [0.05, 0.1) is 12.2 Å². The maximum Gasteiger partial charge on any atom is 0.154 e. The van der Waals surface area contributed by atoms with Crippen LogP contribution in [0.1, 0.15) is 18.9 Å². The molecule has 19 heavy (non-hydrogen) atoms. The molecule has 0 aromatic heterocycles. The summed E-state index contributed by atoms with van der Waals surface area (Å²) in [5.74, 6) is 5.32. The molecule has 7 heteroatoms. The number of rotatable bonds is 4. The highest BCUT2D eigenvalue weighted by Crippen LogP contribution is 2.36. The van der Waals surface area contributed by atoms with E-state index in [0.717, 1.165) is 25.2 Å². The van der Waals surface area contributed by atoms with E-state index in [1.165, 1.54) is 12.1 Å². The number of ether oxygens (including phenoxy) is 1. The molecule has 0 fully saturated rings. The molecule has 0 aliphatic carbocycles. The number of nitrogens with two attached hydrogens (primary N) is 2. The Labute approximate surface area is 111 Å². The molecule has 0 saturated carbocycles. The molecule has 2 rings (SSSR count). The van der Waals surface area contributed by atoms with E-state index in [9.17, 15) is 4.39 Å². The lowest BCUT2D eigenvalue weighted by molar-refractivity contribution is 0.305. The fraction of sp³-hybridized carbons (Fsp3) is 0.417. The smallest absolute Gasteiger partial charge is 0.154 e. The Morgan fingerprint density at radius 2 is 2.37 bits per heavy atom. The molecule has 0 saturated heterocycles. The van der Waals surface area contributed by atoms with Crippen LogP contribution < -0.4 is 26.7 Å². The second-order valence-electron chi connectivity index (χ2n) is 4.26. The molecule has 1 aliphatic heterocycles. The first-order valence-corrected chi connectivity index (χ1v) is 6.17. The van der Waals surface area contributed by atoms with Gasteiger partial charge in [-0.05, 0) is 12.5 Å². The van der Waals surface area contributed by atoms with Crippen molar-refractivity contribution >= 4 is 11.5 Å². The standard InChI is InChI=1S/C12H18FN5O/c1-2-3-18-4-5-19-10-7-8(13)6-9(11(10)18)12(14)16-17-15/h6-7,17H,2-5,15H2,1H3,(H2,14,16). The van der Waals surface area contributed by atoms with Crippen molar-refractivity contribution in [3.05, 3.63) is 23.5 Å². The van der Waals surface area contributed by atoms with Crippen LogP contribution in [-0.2, 0) is 0 Å². The molecule has 1 aromatic carbocycles. The summed E-state index contributed by atoms with van der Waals surface area (Å²) in [6, 6.07) is 2.70. The normalized spacial score (nSPS) is 14.9. The monoisotopic (exact) mass is 267 g/mol. The van der Waals surface area contributed by atoms with Gasteiger partial charge in [0.1, 0.15) is 18.2 Å². The highest BCUT2D eigenvalue weighted by atomic mass is 19.1. The number of anilines is 1. The average molecular weight is 267 g/mol. The first kappa shape index (κ1) is 13.4. The molecular weight excluding hydrogens is 249 g/mol. The molecular formula is C12H18FN5O. The van der Waals surface area contributed by atoms with E-state index in [4.69, 9.17) is 16.3 Å². The number of hydrogen-bond donors (Lipinski definition) is 3. The van der Waals surface area contributed by atoms with Crippen molar-refractivity contribution in [1.29, 1.82) is 0 Å². The van der Waals surface area contributed by atoms with Crippen molar-refractivity contribution in [2.75, 3.05) is 24.6 Å². The summed E-state index contributed by atoms with van der Waals surface area (Å²) in [5.41, 5.74) is 9.19. The zero-order valence-corrected chi connectivity index (χ0v) is 10.8. The maximum absolute atomic E-state index is 13.6. The highest BCUT2D eigenvalue weighted by molar-refractivity contribution is 6.03. The van der Waals surface area contributed by atoms with Crippen molar-refractivity contribution < 1.29 is 9.13 Å². The van der Waals surface area contributed by atoms with Gasteiger partial charge in [0.2, 0.25) is 0 Å². The van der Waals surface area contributed by atoms with Crippen LogP contribution in [0, 0.1) is 5.82 Å². The lowest BCUT2D eigenvalue weighted by Gasteiger charge is -2.32. The van der Waals surface area contributed by atoms with Gasteiger partial charge in [-0.15, -0.1) is 5.10 Å². The van der Waals surface area contributed by atoms with E-state index in [-0.39, 0.29) is 5.84 Å². The number of hydrazine groups is 1. The fourth-order valence-corrected chi connectivity index (χ4v) is 2.21. The van der Waals surface area contributed by atoms with Crippen molar-refractivity contribution in [3.63, 3.8) is 0 Å². The number of hydrazone groups is 1. The Morgan fingerprint density at radius 3 is 3.05 bits per heavy atom. The number of amidine groups is 1. The van der Waals surface area contributed by atoms with Gasteiger partial charge in [-0.2, -0.15) is 0 Å². The molecule has 0 unspecified atom stereocenters. The summed E-state index contributed by atoms with van der Waals surface area (Å²) in [6.07, 6.45) is 0.975. The minimum atomic E-state index is -0.415. The Balaban J connectivity index is 2.53. The van der Waals surface area contributed by atoms with Crippen LogP contribution >= 0.6 is 0 Å². The minimum absolute atomic E-state index is 0.129. The van der Waals surface area contributed by atoms with Crippen LogP contribution in [0.5, 0.6) is 5.75 Å². The summed E-state index contributed by atoms with van der Waals surface area (Å²) in [6.45, 7) is 4.19. The summed E-state index contributed by atoms with van der Waals surface area (Å²) >= 11 is 0. The van der Waals surface area contributed by atoms with Crippen molar-refractivity contribution in [2.45, 2.75) is 13.3 Å². The Morgan fingerprint density at radius 1 is 1.58 bits per heavy atom. The molecule has 0 atom stereocenters. The van der Waals surface area contributed by atoms with Crippen LogP contribution in [0.25, 0.3) is 0 Å². The van der Waals surface area contributed by atoms with E-state index in [2.05, 4.69) is 22.5 Å². The molecule has 1 aromatic rings. The first-order valence-electron chi connectivity index (χ1n) is 6.17. The maximum atomic E-state index is 13.6. The SMILES string of the molecule is CCCN1CCOc2cc(F)cc(/C(N)=N/NN)c21. The quantitative estimate of drug-likeness (QED) is 0.320. The average Bonchev–Trinajstić information content (AvgIpc) is 2.38. The lowest BCUT2D eigenvalue weighted by Crippen LogP contribution is -2.36. The number of hydrogen-bond acceptors (Lipinski definition) is 5. The topological polar surface area (TPSA) is 88.9 Å². The van der Waals surface area contributed by atoms with Gasteiger partial charge < -0.3 is 15.4 Å². The van der Waals surface area contributed by atoms with E-state index < -0.39 is 5.82 Å². The highest BCUT2D eigenvalue weighted by Gasteiger charge is 2.24. The van der Waals surface area contributed by atoms with Gasteiger partial charge in [-0.3, -0.25) is 0 Å². The Kier molecular flexibility index (Phi) is 4.06. The van der Waals surface area contributed by atoms with E-state index >= 15 is 0 Å². The van der Waals surface area contributed by atoms with Gasteiger partial charge in [0, 0.05) is 18.2 Å². The van der Waals surface area contributed by atoms with Crippen LogP contribution in [0.15, 0.2) is 17.2 Å². The Bertz CT molecular complexity index is 491. The summed E-state index contributed by atoms with van der Waals surface area (Å²) in [4.78, 5) is 2.12. The van der Waals surface area contributed by atoms with Crippen LogP contribution in [-0.4, -0.2) is 25.5 Å². The molecule has 0 spiro atoms. The predicted molar refractivity (Wildman–Crippen MR) is 72.4 cm³/mol. The van der Waals surface area contributed by atoms with Crippen molar-refractivity contribution in [2.24, 2.45) is 16.7 Å². The van der Waals surface area contributed by atoms with Gasteiger partial charge >= 0.3 is 0 Å². The number of fused-ring (bicyclic) bond motifs is 1. The molecule has 0 radical (unpaired) electrons. The van der Waals surface area contributed by atoms with Gasteiger partial charge in [0.25, 0.3) is 0 Å². The number of halogens is 1. The first-order chi connectivity index (χ1) is 9.17. The summed E-state index contributed by atoms with van der Waals surface area (Å²) < 4.78 is 19.1. The molecule has 1 heterocycles. The third-order valence-electron chi connectivity index (χ3n) is 2.93. The third kappa shape index (κ3) is 2.70. The van der Waals surface area contributed by atoms with Crippen LogP contribution in [0.4, 0.5) is 10.1 Å². The van der Waals surface area contributed by atoms with Crippen LogP contribution in [0.2, 0.25) is 0 Å². The summed E-state index contributed by atoms with van der Waals surface area (Å²) in [7, 11) is 0. The molecule has 5 N–H and O–H groups in total. The minimum Gasteiger partial charge on any atom is -0.489 e. The van der Waals surface area contributed by atoms with Gasteiger partial charge in [0.15, 0.2) is 5.84 Å².